The van der Waals surface area contributed by atoms with Gasteiger partial charge < -0.3 is 25.2 Å². The molecule has 1 saturated heterocycles. The number of guanidine groups is 1. The van der Waals surface area contributed by atoms with Crippen LogP contribution in [0.15, 0.2) is 59.6 Å². The summed E-state index contributed by atoms with van der Waals surface area (Å²) >= 11 is 0. The van der Waals surface area contributed by atoms with Crippen LogP contribution in [0.2, 0.25) is 0 Å². The van der Waals surface area contributed by atoms with Crippen LogP contribution >= 0.6 is 0 Å². The highest BCUT2D eigenvalue weighted by atomic mass is 16.5. The van der Waals surface area contributed by atoms with E-state index >= 15 is 0 Å². The van der Waals surface area contributed by atoms with Crippen LogP contribution in [-0.2, 0) is 11.2 Å². The third kappa shape index (κ3) is 6.91. The lowest BCUT2D eigenvalue weighted by molar-refractivity contribution is -0.119. The molecule has 1 heterocycles. The molecule has 2 aromatic carbocycles. The van der Waals surface area contributed by atoms with Crippen LogP contribution in [0.5, 0.6) is 5.75 Å². The number of amides is 1. The van der Waals surface area contributed by atoms with Gasteiger partial charge in [0.25, 0.3) is 0 Å². The molecule has 0 spiro atoms. The fourth-order valence-electron chi connectivity index (χ4n) is 3.59. The van der Waals surface area contributed by atoms with Gasteiger partial charge in [-0.05, 0) is 43.2 Å². The average molecular weight is 424 g/mol. The van der Waals surface area contributed by atoms with Crippen LogP contribution in [0, 0.1) is 0 Å². The third-order valence-corrected chi connectivity index (χ3v) is 5.30. The summed E-state index contributed by atoms with van der Waals surface area (Å²) in [4.78, 5) is 21.4. The summed E-state index contributed by atoms with van der Waals surface area (Å²) in [5.41, 5.74) is 2.41. The maximum atomic E-state index is 12.2. The lowest BCUT2D eigenvalue weighted by atomic mass is 10.1. The Morgan fingerprint density at radius 1 is 1.00 bits per heavy atom. The summed E-state index contributed by atoms with van der Waals surface area (Å²) in [7, 11) is 1.68. The number of rotatable bonds is 8. The maximum absolute atomic E-state index is 12.2. The van der Waals surface area contributed by atoms with Crippen molar-refractivity contribution in [2.75, 3.05) is 57.8 Å². The summed E-state index contributed by atoms with van der Waals surface area (Å²) in [5.74, 6) is 1.62. The summed E-state index contributed by atoms with van der Waals surface area (Å²) in [6, 6.07) is 18.3. The number of aliphatic imine (C=N–C) groups is 1. The van der Waals surface area contributed by atoms with Crippen LogP contribution in [0.1, 0.15) is 12.5 Å². The number of carbonyl (C=O) groups is 1. The van der Waals surface area contributed by atoms with Crippen LogP contribution in [-0.4, -0.2) is 69.7 Å². The van der Waals surface area contributed by atoms with Crippen molar-refractivity contribution in [2.24, 2.45) is 4.99 Å². The minimum absolute atomic E-state index is 0.0526. The van der Waals surface area contributed by atoms with Crippen molar-refractivity contribution in [2.45, 2.75) is 13.3 Å². The molecule has 1 amide bonds. The molecule has 1 aliphatic rings. The first kappa shape index (κ1) is 22.5. The Hall–Kier alpha value is -3.22. The van der Waals surface area contributed by atoms with E-state index in [1.807, 2.05) is 37.3 Å². The zero-order valence-corrected chi connectivity index (χ0v) is 18.5. The lowest BCUT2D eigenvalue weighted by Gasteiger charge is -2.37. The summed E-state index contributed by atoms with van der Waals surface area (Å²) in [6.45, 7) is 7.09. The largest absolute Gasteiger partial charge is 0.497 e. The molecule has 0 aliphatic carbocycles. The van der Waals surface area contributed by atoms with Gasteiger partial charge in [0.05, 0.1) is 7.11 Å². The number of nitrogens with one attached hydrogen (secondary N) is 2. The van der Waals surface area contributed by atoms with Gasteiger partial charge in [0.1, 0.15) is 12.3 Å². The molecule has 2 N–H and O–H groups in total. The van der Waals surface area contributed by atoms with Crippen molar-refractivity contribution in [1.82, 2.24) is 15.5 Å². The molecule has 166 valence electrons. The predicted octanol–water partition coefficient (Wildman–Crippen LogP) is 2.14. The number of anilines is 1. The molecule has 1 aliphatic heterocycles. The fourth-order valence-corrected chi connectivity index (χ4v) is 3.59. The minimum atomic E-state index is -0.0526. The molecule has 7 nitrogen and oxygen atoms in total. The number of carbonyl (C=O) groups excluding carboxylic acids is 1. The molecular formula is C24H33N5O2. The number of piperazine rings is 1. The lowest BCUT2D eigenvalue weighted by Crippen LogP contribution is -2.52. The highest BCUT2D eigenvalue weighted by Gasteiger charge is 2.20. The second kappa shape index (κ2) is 11.8. The first-order valence-electron chi connectivity index (χ1n) is 10.9. The molecule has 1 fully saturated rings. The number of methoxy groups -OCH3 is 1. The number of hydrogen-bond acceptors (Lipinski definition) is 4. The summed E-state index contributed by atoms with van der Waals surface area (Å²) in [5, 5.41) is 6.28. The van der Waals surface area contributed by atoms with Crippen molar-refractivity contribution < 1.29 is 9.53 Å². The topological polar surface area (TPSA) is 69.2 Å². The Labute approximate surface area is 185 Å². The molecule has 0 aromatic heterocycles. The first-order valence-corrected chi connectivity index (χ1v) is 10.9. The van der Waals surface area contributed by atoms with Crippen LogP contribution < -0.4 is 20.3 Å². The first-order chi connectivity index (χ1) is 15.2. The van der Waals surface area contributed by atoms with Gasteiger partial charge in [0.15, 0.2) is 5.96 Å². The third-order valence-electron chi connectivity index (χ3n) is 5.30. The highest BCUT2D eigenvalue weighted by molar-refractivity contribution is 5.85. The van der Waals surface area contributed by atoms with Gasteiger partial charge in [-0.25, -0.2) is 4.99 Å². The number of hydrogen-bond donors (Lipinski definition) is 2. The Morgan fingerprint density at radius 2 is 1.71 bits per heavy atom. The van der Waals surface area contributed by atoms with Gasteiger partial charge in [-0.15, -0.1) is 0 Å². The fraction of sp³-hybridized carbons (Fsp3) is 0.417. The quantitative estimate of drug-likeness (QED) is 0.503. The van der Waals surface area contributed by atoms with E-state index in [-0.39, 0.29) is 12.5 Å². The van der Waals surface area contributed by atoms with E-state index in [9.17, 15) is 4.79 Å². The van der Waals surface area contributed by atoms with Gasteiger partial charge in [0.2, 0.25) is 5.91 Å². The van der Waals surface area contributed by atoms with Crippen molar-refractivity contribution >= 4 is 17.6 Å². The van der Waals surface area contributed by atoms with E-state index in [4.69, 9.17) is 4.74 Å². The predicted molar refractivity (Wildman–Crippen MR) is 126 cm³/mol. The average Bonchev–Trinajstić information content (AvgIpc) is 2.82. The van der Waals surface area contributed by atoms with Gasteiger partial charge in [0, 0.05) is 45.0 Å². The number of nitrogens with zero attached hydrogens (tertiary/aromatic N) is 3. The Bertz CT molecular complexity index is 831. The molecule has 3 rings (SSSR count). The monoisotopic (exact) mass is 423 g/mol. The van der Waals surface area contributed by atoms with Gasteiger partial charge >= 0.3 is 0 Å². The summed E-state index contributed by atoms with van der Waals surface area (Å²) in [6.07, 6.45) is 0.823. The van der Waals surface area contributed by atoms with E-state index < -0.39 is 0 Å². The molecule has 2 aromatic rings. The second-order valence-electron chi connectivity index (χ2n) is 7.43. The molecular weight excluding hydrogens is 390 g/mol. The van der Waals surface area contributed by atoms with Crippen molar-refractivity contribution in [3.05, 3.63) is 60.2 Å². The SMILES string of the molecule is CCNC(=NCC(=O)NCCc1ccccc1)N1CCN(c2ccc(OC)cc2)CC1. The zero-order valence-electron chi connectivity index (χ0n) is 18.5. The highest BCUT2D eigenvalue weighted by Crippen LogP contribution is 2.20. The number of ether oxygens (including phenoxy) is 1. The van der Waals surface area contributed by atoms with Crippen LogP contribution in [0.25, 0.3) is 0 Å². The molecule has 0 atom stereocenters. The van der Waals surface area contributed by atoms with Crippen LogP contribution in [0.3, 0.4) is 0 Å². The van der Waals surface area contributed by atoms with E-state index in [1.54, 1.807) is 7.11 Å². The Kier molecular flexibility index (Phi) is 8.58. The normalized spacial score (nSPS) is 14.3. The molecule has 31 heavy (non-hydrogen) atoms. The Morgan fingerprint density at radius 3 is 2.35 bits per heavy atom. The zero-order chi connectivity index (χ0) is 21.9. The maximum Gasteiger partial charge on any atom is 0.241 e. The molecule has 0 bridgehead atoms. The molecule has 0 radical (unpaired) electrons. The van der Waals surface area contributed by atoms with E-state index in [0.29, 0.717) is 6.54 Å². The van der Waals surface area contributed by atoms with Gasteiger partial charge in [-0.2, -0.15) is 0 Å². The Balaban J connectivity index is 1.47. The molecule has 0 saturated carbocycles. The number of benzene rings is 2. The molecule has 0 unspecified atom stereocenters. The van der Waals surface area contributed by atoms with E-state index in [2.05, 4.69) is 49.7 Å². The van der Waals surface area contributed by atoms with Crippen molar-refractivity contribution in [1.29, 1.82) is 0 Å². The van der Waals surface area contributed by atoms with Crippen molar-refractivity contribution in [3.63, 3.8) is 0 Å². The smallest absolute Gasteiger partial charge is 0.241 e. The summed E-state index contributed by atoms with van der Waals surface area (Å²) < 4.78 is 5.24. The van der Waals surface area contributed by atoms with E-state index in [0.717, 1.165) is 50.9 Å². The van der Waals surface area contributed by atoms with Gasteiger partial charge in [-0.3, -0.25) is 4.79 Å². The van der Waals surface area contributed by atoms with Crippen LogP contribution in [0.4, 0.5) is 5.69 Å². The van der Waals surface area contributed by atoms with Crippen molar-refractivity contribution in [3.8, 4) is 5.75 Å². The van der Waals surface area contributed by atoms with E-state index in [1.165, 1.54) is 11.3 Å². The molecule has 7 heteroatoms. The standard InChI is InChI=1S/C24H33N5O2/c1-3-25-24(27-19-23(30)26-14-13-20-7-5-4-6-8-20)29-17-15-28(16-18-29)21-9-11-22(31-2)12-10-21/h4-12H,3,13-19H2,1-2H3,(H,25,27)(H,26,30). The van der Waals surface area contributed by atoms with Gasteiger partial charge in [-0.1, -0.05) is 30.3 Å². The second-order valence-corrected chi connectivity index (χ2v) is 7.43. The minimum Gasteiger partial charge on any atom is -0.497 e.